The van der Waals surface area contributed by atoms with E-state index in [2.05, 4.69) is 9.72 Å². The summed E-state index contributed by atoms with van der Waals surface area (Å²) < 4.78 is 69.9. The highest BCUT2D eigenvalue weighted by atomic mass is 19.3. The van der Waals surface area contributed by atoms with Crippen LogP contribution in [0, 0.1) is 11.3 Å². The molecule has 0 radical (unpaired) electrons. The Labute approximate surface area is 198 Å². The van der Waals surface area contributed by atoms with Crippen molar-refractivity contribution >= 4 is 5.97 Å². The normalized spacial score (nSPS) is 22.7. The van der Waals surface area contributed by atoms with Crippen LogP contribution in [0.25, 0.3) is 11.5 Å². The second kappa shape index (κ2) is 9.73. The summed E-state index contributed by atoms with van der Waals surface area (Å²) >= 11 is 0. The van der Waals surface area contributed by atoms with Gasteiger partial charge in [0.1, 0.15) is 23.2 Å². The Balaban J connectivity index is 1.69. The fourth-order valence-electron chi connectivity index (χ4n) is 3.77. The van der Waals surface area contributed by atoms with Crippen LogP contribution in [-0.2, 0) is 11.2 Å². The molecule has 1 saturated carbocycles. The van der Waals surface area contributed by atoms with E-state index >= 15 is 0 Å². The Morgan fingerprint density at radius 2 is 2.09 bits per heavy atom. The van der Waals surface area contributed by atoms with Crippen LogP contribution in [0.3, 0.4) is 0 Å². The summed E-state index contributed by atoms with van der Waals surface area (Å²) in [5.74, 6) is -2.01. The molecule has 2 aliphatic rings. The molecule has 2 unspecified atom stereocenters. The van der Waals surface area contributed by atoms with Gasteiger partial charge in [0.05, 0.1) is 18.3 Å². The number of carbonyl (C=O) groups is 1. The van der Waals surface area contributed by atoms with Gasteiger partial charge >= 0.3 is 12.6 Å². The molecule has 1 fully saturated rings. The van der Waals surface area contributed by atoms with Gasteiger partial charge in [-0.3, -0.25) is 4.79 Å². The molecular weight excluding hydrogens is 472 g/mol. The molecule has 35 heavy (non-hydrogen) atoms. The van der Waals surface area contributed by atoms with E-state index in [-0.39, 0.29) is 28.8 Å². The molecule has 0 saturated heterocycles. The number of allylic oxidation sites excluding steroid dienone is 3. The molecule has 2 aromatic rings. The number of aromatic nitrogens is 1. The minimum Gasteiger partial charge on any atom is -0.489 e. The first-order chi connectivity index (χ1) is 16.6. The molecule has 1 heterocycles. The lowest BCUT2D eigenvalue weighted by Crippen LogP contribution is -2.41. The lowest BCUT2D eigenvalue weighted by molar-refractivity contribution is -0.148. The van der Waals surface area contributed by atoms with Crippen molar-refractivity contribution in [2.75, 3.05) is 6.61 Å². The van der Waals surface area contributed by atoms with E-state index in [1.165, 1.54) is 18.2 Å². The standard InChI is InChI=1S/C24H24F4N2O5/c1-12(29)20-16(10-24(22(31)32)7-6-15(25)9-19(24)26)30-21(35-20)14-4-5-17(34-23(27)28)18(8-14)33-11-13-2-3-13/h4-9,12-13,19,23H,2-3,10-11,29H2,1H3,(H,31,32)/t12?,19?,24-/m0/s1. The van der Waals surface area contributed by atoms with Crippen LogP contribution >= 0.6 is 0 Å². The summed E-state index contributed by atoms with van der Waals surface area (Å²) in [6.45, 7) is -1.14. The number of carboxylic acid groups (broad SMARTS) is 1. The highest BCUT2D eigenvalue weighted by Crippen LogP contribution is 2.40. The summed E-state index contributed by atoms with van der Waals surface area (Å²) in [4.78, 5) is 16.4. The predicted octanol–water partition coefficient (Wildman–Crippen LogP) is 5.13. The number of hydrogen-bond donors (Lipinski definition) is 2. The molecule has 0 aliphatic heterocycles. The number of ether oxygens (including phenoxy) is 2. The third kappa shape index (κ3) is 5.34. The average molecular weight is 496 g/mol. The molecule has 11 heteroatoms. The third-order valence-electron chi connectivity index (χ3n) is 5.92. The summed E-state index contributed by atoms with van der Waals surface area (Å²) in [6, 6.07) is 3.39. The number of rotatable bonds is 10. The molecule has 188 valence electrons. The molecule has 4 rings (SSSR count). The summed E-state index contributed by atoms with van der Waals surface area (Å²) in [6.07, 6.45) is 1.80. The lowest BCUT2D eigenvalue weighted by Gasteiger charge is -2.29. The molecule has 0 amide bonds. The van der Waals surface area contributed by atoms with Crippen molar-refractivity contribution in [1.29, 1.82) is 0 Å². The molecule has 2 aliphatic carbocycles. The number of nitrogens with zero attached hydrogens (tertiary/aromatic N) is 1. The van der Waals surface area contributed by atoms with Crippen LogP contribution < -0.4 is 15.2 Å². The van der Waals surface area contributed by atoms with Crippen LogP contribution in [0.4, 0.5) is 17.6 Å². The Kier molecular flexibility index (Phi) is 6.88. The Hall–Kier alpha value is -3.34. The topological polar surface area (TPSA) is 108 Å². The van der Waals surface area contributed by atoms with Crippen LogP contribution in [0.5, 0.6) is 11.5 Å². The smallest absolute Gasteiger partial charge is 0.387 e. The SMILES string of the molecule is CC(N)c1oc(-c2ccc(OC(F)F)c(OCC3CC3)c2)nc1C[C@@]1(C(=O)O)C=CC(F)=CC1F. The monoisotopic (exact) mass is 496 g/mol. The summed E-state index contributed by atoms with van der Waals surface area (Å²) in [5, 5.41) is 9.78. The molecule has 3 atom stereocenters. The van der Waals surface area contributed by atoms with E-state index in [9.17, 15) is 27.5 Å². The summed E-state index contributed by atoms with van der Waals surface area (Å²) in [5.41, 5.74) is 4.29. The number of hydrogen-bond acceptors (Lipinski definition) is 6. The zero-order valence-corrected chi connectivity index (χ0v) is 18.7. The van der Waals surface area contributed by atoms with Crippen molar-refractivity contribution in [3.05, 3.63) is 53.7 Å². The Morgan fingerprint density at radius 1 is 1.34 bits per heavy atom. The molecule has 0 spiro atoms. The van der Waals surface area contributed by atoms with Crippen molar-refractivity contribution in [3.63, 3.8) is 0 Å². The maximum atomic E-state index is 14.8. The van der Waals surface area contributed by atoms with Crippen LogP contribution in [0.2, 0.25) is 0 Å². The van der Waals surface area contributed by atoms with Gasteiger partial charge in [0.25, 0.3) is 0 Å². The van der Waals surface area contributed by atoms with Gasteiger partial charge in [-0.25, -0.2) is 13.8 Å². The number of alkyl halides is 3. The van der Waals surface area contributed by atoms with Crippen LogP contribution in [0.1, 0.15) is 37.3 Å². The molecule has 7 nitrogen and oxygen atoms in total. The van der Waals surface area contributed by atoms with E-state index in [0.29, 0.717) is 24.2 Å². The first kappa shape index (κ1) is 24.8. The van der Waals surface area contributed by atoms with Gasteiger partial charge in [0.15, 0.2) is 11.5 Å². The molecular formula is C24H24F4N2O5. The molecule has 3 N–H and O–H groups in total. The van der Waals surface area contributed by atoms with Crippen molar-refractivity contribution in [1.82, 2.24) is 4.98 Å². The third-order valence-corrected chi connectivity index (χ3v) is 5.92. The van der Waals surface area contributed by atoms with Crippen LogP contribution in [-0.4, -0.2) is 35.4 Å². The Morgan fingerprint density at radius 3 is 2.69 bits per heavy atom. The zero-order chi connectivity index (χ0) is 25.3. The first-order valence-corrected chi connectivity index (χ1v) is 11.0. The first-order valence-electron chi connectivity index (χ1n) is 11.0. The van der Waals surface area contributed by atoms with Gasteiger partial charge in [-0.2, -0.15) is 8.78 Å². The fourth-order valence-corrected chi connectivity index (χ4v) is 3.77. The van der Waals surface area contributed by atoms with Crippen molar-refractivity contribution < 1.29 is 41.4 Å². The second-order valence-electron chi connectivity index (χ2n) is 8.72. The predicted molar refractivity (Wildman–Crippen MR) is 116 cm³/mol. The van der Waals surface area contributed by atoms with Gasteiger partial charge in [-0.1, -0.05) is 6.08 Å². The minimum absolute atomic E-state index is 0.00428. The van der Waals surface area contributed by atoms with E-state index in [0.717, 1.165) is 25.0 Å². The molecule has 1 aromatic heterocycles. The van der Waals surface area contributed by atoms with Crippen molar-refractivity contribution in [2.45, 2.75) is 45.0 Å². The number of carboxylic acids is 1. The van der Waals surface area contributed by atoms with Gasteiger partial charge in [-0.05, 0) is 56.0 Å². The zero-order valence-electron chi connectivity index (χ0n) is 18.7. The number of nitrogens with two attached hydrogens (primary N) is 1. The van der Waals surface area contributed by atoms with Gasteiger partial charge in [-0.15, -0.1) is 0 Å². The summed E-state index contributed by atoms with van der Waals surface area (Å²) in [7, 11) is 0. The molecule has 0 bridgehead atoms. The highest BCUT2D eigenvalue weighted by molar-refractivity contribution is 5.79. The van der Waals surface area contributed by atoms with Crippen molar-refractivity contribution in [3.8, 4) is 23.0 Å². The van der Waals surface area contributed by atoms with E-state index in [1.807, 2.05) is 0 Å². The van der Waals surface area contributed by atoms with Gasteiger partial charge in [0.2, 0.25) is 5.89 Å². The second-order valence-corrected chi connectivity index (χ2v) is 8.72. The maximum Gasteiger partial charge on any atom is 0.387 e. The number of halogens is 4. The average Bonchev–Trinajstić information content (AvgIpc) is 3.52. The molecule has 1 aromatic carbocycles. The van der Waals surface area contributed by atoms with Crippen LogP contribution in [0.15, 0.2) is 46.7 Å². The van der Waals surface area contributed by atoms with Gasteiger partial charge in [0, 0.05) is 12.0 Å². The quantitative estimate of drug-likeness (QED) is 0.439. The maximum absolute atomic E-state index is 14.8. The van der Waals surface area contributed by atoms with E-state index < -0.39 is 42.5 Å². The van der Waals surface area contributed by atoms with Gasteiger partial charge < -0.3 is 24.7 Å². The fraction of sp³-hybridized carbons (Fsp3) is 0.417. The largest absolute Gasteiger partial charge is 0.489 e. The Bertz CT molecular complexity index is 1160. The lowest BCUT2D eigenvalue weighted by atomic mass is 9.75. The number of oxazole rings is 1. The van der Waals surface area contributed by atoms with E-state index in [1.54, 1.807) is 6.92 Å². The van der Waals surface area contributed by atoms with E-state index in [4.69, 9.17) is 14.9 Å². The minimum atomic E-state index is -3.05. The number of aliphatic carboxylic acids is 1. The van der Waals surface area contributed by atoms with Crippen molar-refractivity contribution in [2.24, 2.45) is 17.1 Å². The number of benzene rings is 1. The highest BCUT2D eigenvalue weighted by Gasteiger charge is 2.47.